The SMILES string of the molecule is COC(C)CC(O)c1cc(C)c(C)cc1C. The van der Waals surface area contributed by atoms with Gasteiger partial charge in [-0.15, -0.1) is 0 Å². The van der Waals surface area contributed by atoms with Gasteiger partial charge < -0.3 is 9.84 Å². The molecule has 0 aliphatic heterocycles. The molecule has 1 aromatic rings. The van der Waals surface area contributed by atoms with Crippen molar-refractivity contribution in [1.82, 2.24) is 0 Å². The average molecular weight is 222 g/mol. The smallest absolute Gasteiger partial charge is 0.0817 e. The van der Waals surface area contributed by atoms with Crippen LogP contribution in [0.3, 0.4) is 0 Å². The molecule has 0 bridgehead atoms. The van der Waals surface area contributed by atoms with Gasteiger partial charge in [-0.3, -0.25) is 0 Å². The molecule has 1 aromatic carbocycles. The maximum atomic E-state index is 10.1. The lowest BCUT2D eigenvalue weighted by atomic mass is 9.95. The zero-order valence-corrected chi connectivity index (χ0v) is 10.9. The predicted molar refractivity (Wildman–Crippen MR) is 66.7 cm³/mol. The summed E-state index contributed by atoms with van der Waals surface area (Å²) < 4.78 is 5.18. The second-order valence-corrected chi connectivity index (χ2v) is 4.59. The normalized spacial score (nSPS) is 14.9. The molecule has 0 amide bonds. The first-order valence-electron chi connectivity index (χ1n) is 5.74. The Labute approximate surface area is 98.3 Å². The highest BCUT2D eigenvalue weighted by atomic mass is 16.5. The summed E-state index contributed by atoms with van der Waals surface area (Å²) in [4.78, 5) is 0. The fourth-order valence-electron chi connectivity index (χ4n) is 1.88. The molecule has 0 fully saturated rings. The number of benzene rings is 1. The van der Waals surface area contributed by atoms with Gasteiger partial charge in [0.15, 0.2) is 0 Å². The Morgan fingerprint density at radius 2 is 1.69 bits per heavy atom. The summed E-state index contributed by atoms with van der Waals surface area (Å²) >= 11 is 0. The fourth-order valence-corrected chi connectivity index (χ4v) is 1.88. The molecule has 2 heteroatoms. The molecule has 0 spiro atoms. The number of hydrogen-bond donors (Lipinski definition) is 1. The second kappa shape index (κ2) is 5.46. The number of aliphatic hydroxyl groups is 1. The van der Waals surface area contributed by atoms with Crippen LogP contribution >= 0.6 is 0 Å². The molecule has 0 aromatic heterocycles. The van der Waals surface area contributed by atoms with Crippen LogP contribution in [0.15, 0.2) is 12.1 Å². The topological polar surface area (TPSA) is 29.5 Å². The summed E-state index contributed by atoms with van der Waals surface area (Å²) in [6.07, 6.45) is 0.282. The van der Waals surface area contributed by atoms with Gasteiger partial charge in [0.2, 0.25) is 0 Å². The number of methoxy groups -OCH3 is 1. The number of rotatable bonds is 4. The van der Waals surface area contributed by atoms with Gasteiger partial charge in [0.1, 0.15) is 0 Å². The summed E-state index contributed by atoms with van der Waals surface area (Å²) in [6.45, 7) is 8.18. The Balaban J connectivity index is 2.91. The third-order valence-corrected chi connectivity index (χ3v) is 3.20. The molecule has 0 saturated heterocycles. The Hall–Kier alpha value is -0.860. The summed E-state index contributed by atoms with van der Waals surface area (Å²) in [7, 11) is 1.67. The van der Waals surface area contributed by atoms with E-state index in [4.69, 9.17) is 4.74 Å². The summed E-state index contributed by atoms with van der Waals surface area (Å²) in [6, 6.07) is 4.21. The van der Waals surface area contributed by atoms with Gasteiger partial charge in [0, 0.05) is 13.5 Å². The lowest BCUT2D eigenvalue weighted by molar-refractivity contribution is 0.0557. The molecule has 1 rings (SSSR count). The standard InChI is InChI=1S/C14H22O2/c1-9-6-11(3)13(7-10(9)2)14(15)8-12(4)16-5/h6-7,12,14-15H,8H2,1-5H3. The maximum absolute atomic E-state index is 10.1. The van der Waals surface area contributed by atoms with Crippen LogP contribution < -0.4 is 0 Å². The number of hydrogen-bond acceptors (Lipinski definition) is 2. The van der Waals surface area contributed by atoms with Crippen molar-refractivity contribution in [3.05, 3.63) is 34.4 Å². The van der Waals surface area contributed by atoms with Crippen LogP contribution in [-0.2, 0) is 4.74 Å². The van der Waals surface area contributed by atoms with Gasteiger partial charge in [-0.1, -0.05) is 12.1 Å². The zero-order valence-electron chi connectivity index (χ0n) is 10.9. The van der Waals surface area contributed by atoms with Gasteiger partial charge in [0.05, 0.1) is 12.2 Å². The van der Waals surface area contributed by atoms with E-state index in [0.29, 0.717) is 6.42 Å². The Morgan fingerprint density at radius 1 is 1.12 bits per heavy atom. The summed E-state index contributed by atoms with van der Waals surface area (Å²) in [5.74, 6) is 0. The molecular weight excluding hydrogens is 200 g/mol. The van der Waals surface area contributed by atoms with Crippen molar-refractivity contribution in [2.24, 2.45) is 0 Å². The van der Waals surface area contributed by atoms with Crippen molar-refractivity contribution in [3.8, 4) is 0 Å². The van der Waals surface area contributed by atoms with E-state index < -0.39 is 6.10 Å². The van der Waals surface area contributed by atoms with Crippen LogP contribution in [-0.4, -0.2) is 18.3 Å². The van der Waals surface area contributed by atoms with Crippen molar-refractivity contribution in [3.63, 3.8) is 0 Å². The quantitative estimate of drug-likeness (QED) is 0.848. The molecule has 0 aliphatic carbocycles. The highest BCUT2D eigenvalue weighted by molar-refractivity contribution is 5.37. The third-order valence-electron chi connectivity index (χ3n) is 3.20. The first-order chi connectivity index (χ1) is 7.45. The average Bonchev–Trinajstić information content (AvgIpc) is 2.23. The molecule has 90 valence electrons. The minimum absolute atomic E-state index is 0.0796. The largest absolute Gasteiger partial charge is 0.388 e. The van der Waals surface area contributed by atoms with Crippen molar-refractivity contribution in [1.29, 1.82) is 0 Å². The van der Waals surface area contributed by atoms with E-state index in [0.717, 1.165) is 11.1 Å². The van der Waals surface area contributed by atoms with E-state index in [1.807, 2.05) is 13.8 Å². The number of aryl methyl sites for hydroxylation is 3. The Kier molecular flexibility index (Phi) is 4.51. The number of aliphatic hydroxyl groups excluding tert-OH is 1. The molecular formula is C14H22O2. The predicted octanol–water partition coefficient (Wildman–Crippen LogP) is 3.07. The minimum atomic E-state index is -0.436. The molecule has 2 unspecified atom stereocenters. The van der Waals surface area contributed by atoms with Gasteiger partial charge in [0.25, 0.3) is 0 Å². The fraction of sp³-hybridized carbons (Fsp3) is 0.571. The van der Waals surface area contributed by atoms with Crippen LogP contribution in [0.1, 0.15) is 41.7 Å². The second-order valence-electron chi connectivity index (χ2n) is 4.59. The molecule has 0 aliphatic rings. The van der Waals surface area contributed by atoms with Crippen LogP contribution in [0.5, 0.6) is 0 Å². The van der Waals surface area contributed by atoms with Crippen molar-refractivity contribution >= 4 is 0 Å². The summed E-state index contributed by atoms with van der Waals surface area (Å²) in [5, 5.41) is 10.1. The lowest BCUT2D eigenvalue weighted by Gasteiger charge is -2.18. The maximum Gasteiger partial charge on any atom is 0.0817 e. The lowest BCUT2D eigenvalue weighted by Crippen LogP contribution is -2.12. The van der Waals surface area contributed by atoms with Gasteiger partial charge in [-0.25, -0.2) is 0 Å². The first-order valence-corrected chi connectivity index (χ1v) is 5.74. The van der Waals surface area contributed by atoms with Crippen molar-refractivity contribution < 1.29 is 9.84 Å². The highest BCUT2D eigenvalue weighted by Gasteiger charge is 2.14. The van der Waals surface area contributed by atoms with E-state index >= 15 is 0 Å². The molecule has 0 heterocycles. The van der Waals surface area contributed by atoms with E-state index in [1.165, 1.54) is 11.1 Å². The van der Waals surface area contributed by atoms with E-state index in [1.54, 1.807) is 7.11 Å². The minimum Gasteiger partial charge on any atom is -0.388 e. The van der Waals surface area contributed by atoms with E-state index in [-0.39, 0.29) is 6.10 Å². The van der Waals surface area contributed by atoms with Crippen molar-refractivity contribution in [2.75, 3.05) is 7.11 Å². The molecule has 0 radical (unpaired) electrons. The first kappa shape index (κ1) is 13.2. The van der Waals surface area contributed by atoms with Crippen LogP contribution in [0.2, 0.25) is 0 Å². The zero-order chi connectivity index (χ0) is 12.3. The van der Waals surface area contributed by atoms with Crippen LogP contribution in [0, 0.1) is 20.8 Å². The molecule has 16 heavy (non-hydrogen) atoms. The molecule has 2 atom stereocenters. The summed E-state index contributed by atoms with van der Waals surface area (Å²) in [5.41, 5.74) is 4.67. The Bertz CT molecular complexity index is 358. The monoisotopic (exact) mass is 222 g/mol. The van der Waals surface area contributed by atoms with E-state index in [2.05, 4.69) is 26.0 Å². The molecule has 2 nitrogen and oxygen atoms in total. The molecule has 0 saturated carbocycles. The van der Waals surface area contributed by atoms with Gasteiger partial charge in [-0.05, 0) is 49.9 Å². The third kappa shape index (κ3) is 3.06. The highest BCUT2D eigenvalue weighted by Crippen LogP contribution is 2.25. The van der Waals surface area contributed by atoms with Crippen molar-refractivity contribution in [2.45, 2.75) is 46.3 Å². The Morgan fingerprint density at radius 3 is 2.25 bits per heavy atom. The van der Waals surface area contributed by atoms with Crippen LogP contribution in [0.25, 0.3) is 0 Å². The molecule has 1 N–H and O–H groups in total. The number of ether oxygens (including phenoxy) is 1. The van der Waals surface area contributed by atoms with Gasteiger partial charge in [-0.2, -0.15) is 0 Å². The van der Waals surface area contributed by atoms with Gasteiger partial charge >= 0.3 is 0 Å². The van der Waals surface area contributed by atoms with E-state index in [9.17, 15) is 5.11 Å². The van der Waals surface area contributed by atoms with Crippen LogP contribution in [0.4, 0.5) is 0 Å².